The summed E-state index contributed by atoms with van der Waals surface area (Å²) in [5.74, 6) is 0. The molecule has 0 bridgehead atoms. The van der Waals surface area contributed by atoms with E-state index in [9.17, 15) is 0 Å². The molecule has 1 saturated carbocycles. The first-order chi connectivity index (χ1) is 7.86. The van der Waals surface area contributed by atoms with Crippen LogP contribution in [-0.4, -0.2) is 50.3 Å². The van der Waals surface area contributed by atoms with Crippen LogP contribution < -0.4 is 5.32 Å². The van der Waals surface area contributed by atoms with Crippen molar-refractivity contribution in [2.24, 2.45) is 0 Å². The van der Waals surface area contributed by atoms with Crippen LogP contribution >= 0.6 is 0 Å². The molecule has 16 heavy (non-hydrogen) atoms. The zero-order valence-corrected chi connectivity index (χ0v) is 10.6. The molecule has 2 rings (SSSR count). The third-order valence-electron chi connectivity index (χ3n) is 3.96. The SMILES string of the molecule is CN(CCCNC1COC1)C1CCCCC1. The Hall–Kier alpha value is -0.120. The van der Waals surface area contributed by atoms with E-state index in [2.05, 4.69) is 17.3 Å². The predicted octanol–water partition coefficient (Wildman–Crippen LogP) is 1.63. The van der Waals surface area contributed by atoms with Crippen molar-refractivity contribution in [3.63, 3.8) is 0 Å². The van der Waals surface area contributed by atoms with Crippen LogP contribution in [0.25, 0.3) is 0 Å². The molecule has 0 aromatic rings. The maximum absolute atomic E-state index is 5.14. The predicted molar refractivity (Wildman–Crippen MR) is 66.7 cm³/mol. The number of nitrogens with zero attached hydrogens (tertiary/aromatic N) is 1. The van der Waals surface area contributed by atoms with Crippen molar-refractivity contribution in [3.8, 4) is 0 Å². The van der Waals surface area contributed by atoms with Crippen molar-refractivity contribution in [2.75, 3.05) is 33.4 Å². The highest BCUT2D eigenvalue weighted by atomic mass is 16.5. The summed E-state index contributed by atoms with van der Waals surface area (Å²) in [4.78, 5) is 2.57. The molecule has 0 radical (unpaired) electrons. The molecular weight excluding hydrogens is 200 g/mol. The van der Waals surface area contributed by atoms with Gasteiger partial charge in [0.2, 0.25) is 0 Å². The molecule has 1 saturated heterocycles. The van der Waals surface area contributed by atoms with Gasteiger partial charge in [0.1, 0.15) is 0 Å². The van der Waals surface area contributed by atoms with Crippen molar-refractivity contribution in [3.05, 3.63) is 0 Å². The molecule has 0 aromatic carbocycles. The number of nitrogens with one attached hydrogen (secondary N) is 1. The van der Waals surface area contributed by atoms with E-state index in [1.54, 1.807) is 0 Å². The van der Waals surface area contributed by atoms with Gasteiger partial charge in [-0.05, 0) is 39.4 Å². The third-order valence-corrected chi connectivity index (χ3v) is 3.96. The van der Waals surface area contributed by atoms with Gasteiger partial charge in [0, 0.05) is 6.04 Å². The van der Waals surface area contributed by atoms with E-state index in [0.29, 0.717) is 6.04 Å². The first-order valence-corrected chi connectivity index (χ1v) is 6.87. The summed E-state index contributed by atoms with van der Waals surface area (Å²) in [7, 11) is 2.29. The molecule has 3 heteroatoms. The Morgan fingerprint density at radius 1 is 1.19 bits per heavy atom. The topological polar surface area (TPSA) is 24.5 Å². The molecule has 0 atom stereocenters. The average molecular weight is 226 g/mol. The van der Waals surface area contributed by atoms with Crippen molar-refractivity contribution < 1.29 is 4.74 Å². The normalized spacial score (nSPS) is 23.6. The fraction of sp³-hybridized carbons (Fsp3) is 1.00. The minimum absolute atomic E-state index is 0.639. The van der Waals surface area contributed by atoms with E-state index in [0.717, 1.165) is 25.8 Å². The first kappa shape index (κ1) is 12.3. The summed E-state index contributed by atoms with van der Waals surface area (Å²) in [6.07, 6.45) is 8.43. The highest BCUT2D eigenvalue weighted by molar-refractivity contribution is 4.75. The Balaban J connectivity index is 1.50. The number of ether oxygens (including phenoxy) is 1. The van der Waals surface area contributed by atoms with Crippen molar-refractivity contribution in [1.29, 1.82) is 0 Å². The summed E-state index contributed by atoms with van der Waals surface area (Å²) in [5, 5.41) is 3.53. The van der Waals surface area contributed by atoms with Gasteiger partial charge in [-0.3, -0.25) is 0 Å². The van der Waals surface area contributed by atoms with E-state index in [1.807, 2.05) is 0 Å². The Labute approximate surface area is 99.5 Å². The largest absolute Gasteiger partial charge is 0.378 e. The molecule has 3 nitrogen and oxygen atoms in total. The minimum Gasteiger partial charge on any atom is -0.378 e. The number of hydrogen-bond donors (Lipinski definition) is 1. The molecule has 1 N–H and O–H groups in total. The Morgan fingerprint density at radius 3 is 2.56 bits per heavy atom. The standard InChI is InChI=1S/C13H26N2O/c1-15(13-6-3-2-4-7-13)9-5-8-14-12-10-16-11-12/h12-14H,2-11H2,1H3. The Morgan fingerprint density at radius 2 is 1.94 bits per heavy atom. The highest BCUT2D eigenvalue weighted by Gasteiger charge is 2.18. The smallest absolute Gasteiger partial charge is 0.0643 e. The lowest BCUT2D eigenvalue weighted by atomic mass is 9.94. The van der Waals surface area contributed by atoms with Crippen LogP contribution in [0.5, 0.6) is 0 Å². The van der Waals surface area contributed by atoms with Gasteiger partial charge < -0.3 is 15.0 Å². The molecule has 0 aromatic heterocycles. The maximum atomic E-state index is 5.14. The van der Waals surface area contributed by atoms with Gasteiger partial charge in [-0.1, -0.05) is 19.3 Å². The van der Waals surface area contributed by atoms with Gasteiger partial charge >= 0.3 is 0 Å². The van der Waals surface area contributed by atoms with Gasteiger partial charge in [0.05, 0.1) is 19.3 Å². The van der Waals surface area contributed by atoms with Crippen LogP contribution in [0.3, 0.4) is 0 Å². The zero-order chi connectivity index (χ0) is 11.2. The lowest BCUT2D eigenvalue weighted by Crippen LogP contribution is -2.46. The third kappa shape index (κ3) is 3.72. The van der Waals surface area contributed by atoms with Crippen LogP contribution in [0.1, 0.15) is 38.5 Å². The lowest BCUT2D eigenvalue weighted by molar-refractivity contribution is -0.00522. The van der Waals surface area contributed by atoms with Crippen LogP contribution in [0, 0.1) is 0 Å². The molecule has 0 unspecified atom stereocenters. The number of hydrogen-bond acceptors (Lipinski definition) is 3. The monoisotopic (exact) mass is 226 g/mol. The van der Waals surface area contributed by atoms with Gasteiger partial charge in [-0.25, -0.2) is 0 Å². The zero-order valence-electron chi connectivity index (χ0n) is 10.6. The van der Waals surface area contributed by atoms with Gasteiger partial charge in [0.15, 0.2) is 0 Å². The molecular formula is C13H26N2O. The molecule has 94 valence electrons. The summed E-state index contributed by atoms with van der Waals surface area (Å²) in [6.45, 7) is 4.22. The van der Waals surface area contributed by atoms with E-state index in [-0.39, 0.29) is 0 Å². The van der Waals surface area contributed by atoms with E-state index in [4.69, 9.17) is 4.74 Å². The molecule has 1 heterocycles. The lowest BCUT2D eigenvalue weighted by Gasteiger charge is -2.32. The average Bonchev–Trinajstić information content (AvgIpc) is 2.27. The Kier molecular flexibility index (Phi) is 5.07. The maximum Gasteiger partial charge on any atom is 0.0643 e. The van der Waals surface area contributed by atoms with Gasteiger partial charge in [-0.15, -0.1) is 0 Å². The van der Waals surface area contributed by atoms with Crippen LogP contribution in [-0.2, 0) is 4.74 Å². The summed E-state index contributed by atoms with van der Waals surface area (Å²) in [5.41, 5.74) is 0. The molecule has 1 aliphatic carbocycles. The summed E-state index contributed by atoms with van der Waals surface area (Å²) < 4.78 is 5.14. The fourth-order valence-electron chi connectivity index (χ4n) is 2.69. The van der Waals surface area contributed by atoms with E-state index in [1.165, 1.54) is 45.1 Å². The van der Waals surface area contributed by atoms with Gasteiger partial charge in [0.25, 0.3) is 0 Å². The molecule has 1 aliphatic heterocycles. The second-order valence-corrected chi connectivity index (χ2v) is 5.31. The van der Waals surface area contributed by atoms with Crippen molar-refractivity contribution in [2.45, 2.75) is 50.6 Å². The van der Waals surface area contributed by atoms with Crippen LogP contribution in [0.15, 0.2) is 0 Å². The minimum atomic E-state index is 0.639. The fourth-order valence-corrected chi connectivity index (χ4v) is 2.69. The van der Waals surface area contributed by atoms with E-state index >= 15 is 0 Å². The molecule has 0 amide bonds. The second kappa shape index (κ2) is 6.58. The van der Waals surface area contributed by atoms with Crippen LogP contribution in [0.4, 0.5) is 0 Å². The highest BCUT2D eigenvalue weighted by Crippen LogP contribution is 2.21. The summed E-state index contributed by atoms with van der Waals surface area (Å²) >= 11 is 0. The molecule has 0 spiro atoms. The van der Waals surface area contributed by atoms with E-state index < -0.39 is 0 Å². The molecule has 2 fully saturated rings. The van der Waals surface area contributed by atoms with Crippen molar-refractivity contribution in [1.82, 2.24) is 10.2 Å². The quantitative estimate of drug-likeness (QED) is 0.697. The summed E-state index contributed by atoms with van der Waals surface area (Å²) in [6, 6.07) is 1.50. The van der Waals surface area contributed by atoms with Crippen molar-refractivity contribution >= 4 is 0 Å². The van der Waals surface area contributed by atoms with Crippen LogP contribution in [0.2, 0.25) is 0 Å². The molecule has 2 aliphatic rings. The van der Waals surface area contributed by atoms with Gasteiger partial charge in [-0.2, -0.15) is 0 Å². The second-order valence-electron chi connectivity index (χ2n) is 5.31. The first-order valence-electron chi connectivity index (χ1n) is 6.87. The number of rotatable bonds is 6. The Bertz CT molecular complexity index is 188.